The fraction of sp³-hybridized carbons (Fsp3) is 0.500. The zero-order chi connectivity index (χ0) is 18.8. The second kappa shape index (κ2) is 7.51. The number of amides is 1. The first-order valence-corrected chi connectivity index (χ1v) is 9.41. The minimum Gasteiger partial charge on any atom is -0.480 e. The van der Waals surface area contributed by atoms with E-state index in [1.165, 1.54) is 12.1 Å². The van der Waals surface area contributed by atoms with Gasteiger partial charge in [0, 0.05) is 18.1 Å². The number of sulfonamides is 1. The molecule has 8 nitrogen and oxygen atoms in total. The van der Waals surface area contributed by atoms with Gasteiger partial charge in [0.2, 0.25) is 10.0 Å². The van der Waals surface area contributed by atoms with Crippen LogP contribution in [0.15, 0.2) is 17.0 Å². The van der Waals surface area contributed by atoms with Gasteiger partial charge < -0.3 is 15.2 Å². The summed E-state index contributed by atoms with van der Waals surface area (Å²) in [5.74, 6) is -2.15. The molecular weight excluding hydrogens is 348 g/mol. The summed E-state index contributed by atoms with van der Waals surface area (Å²) in [6.45, 7) is 4.08. The molecule has 25 heavy (non-hydrogen) atoms. The Balaban J connectivity index is 2.30. The Morgan fingerprint density at radius 1 is 1.36 bits per heavy atom. The Labute approximate surface area is 146 Å². The van der Waals surface area contributed by atoms with Gasteiger partial charge in [-0.05, 0) is 49.9 Å². The van der Waals surface area contributed by atoms with Gasteiger partial charge in [-0.2, -0.15) is 0 Å². The molecule has 1 aliphatic rings. The fourth-order valence-corrected chi connectivity index (χ4v) is 3.77. The van der Waals surface area contributed by atoms with Gasteiger partial charge in [0.05, 0.1) is 11.5 Å². The molecule has 0 aliphatic carbocycles. The van der Waals surface area contributed by atoms with Crippen molar-refractivity contribution in [2.24, 2.45) is 11.1 Å². The number of benzene rings is 1. The highest BCUT2D eigenvalue weighted by Crippen LogP contribution is 2.22. The van der Waals surface area contributed by atoms with Gasteiger partial charge in [0.1, 0.15) is 6.04 Å². The Bertz CT molecular complexity index is 784. The number of carbonyl (C=O) groups is 2. The number of carbonyl (C=O) groups excluding carboxylic acids is 1. The predicted octanol–water partition coefficient (Wildman–Crippen LogP) is 0.560. The van der Waals surface area contributed by atoms with Crippen LogP contribution in [0.5, 0.6) is 0 Å². The van der Waals surface area contributed by atoms with E-state index in [0.29, 0.717) is 24.2 Å². The SMILES string of the molecule is Cc1cc(C(=O)NC(C(=O)O)C2CCCOC2)cc(S(N)(=O)=O)c1C. The van der Waals surface area contributed by atoms with Crippen molar-refractivity contribution in [3.05, 3.63) is 28.8 Å². The molecule has 1 amide bonds. The molecule has 1 aliphatic heterocycles. The number of hydrogen-bond donors (Lipinski definition) is 3. The molecule has 138 valence electrons. The number of ether oxygens (including phenoxy) is 1. The van der Waals surface area contributed by atoms with Crippen LogP contribution in [0.25, 0.3) is 0 Å². The summed E-state index contributed by atoms with van der Waals surface area (Å²) in [6, 6.07) is 1.58. The Hall–Kier alpha value is -1.97. The summed E-state index contributed by atoms with van der Waals surface area (Å²) in [5, 5.41) is 17.1. The zero-order valence-electron chi connectivity index (χ0n) is 14.1. The fourth-order valence-electron chi connectivity index (χ4n) is 2.89. The highest BCUT2D eigenvalue weighted by atomic mass is 32.2. The Morgan fingerprint density at radius 2 is 2.04 bits per heavy atom. The van der Waals surface area contributed by atoms with Gasteiger partial charge in [-0.1, -0.05) is 0 Å². The molecule has 4 N–H and O–H groups in total. The van der Waals surface area contributed by atoms with Crippen LogP contribution in [0, 0.1) is 19.8 Å². The summed E-state index contributed by atoms with van der Waals surface area (Å²) >= 11 is 0. The molecule has 0 spiro atoms. The molecule has 0 saturated carbocycles. The van der Waals surface area contributed by atoms with Crippen LogP contribution in [-0.2, 0) is 19.6 Å². The Kier molecular flexibility index (Phi) is 5.81. The van der Waals surface area contributed by atoms with Crippen LogP contribution in [0.3, 0.4) is 0 Å². The van der Waals surface area contributed by atoms with Crippen LogP contribution in [0.1, 0.15) is 34.3 Å². The summed E-state index contributed by atoms with van der Waals surface area (Å²) < 4.78 is 28.7. The van der Waals surface area contributed by atoms with E-state index in [-0.39, 0.29) is 23.0 Å². The van der Waals surface area contributed by atoms with Crippen LogP contribution in [0.2, 0.25) is 0 Å². The number of carboxylic acid groups (broad SMARTS) is 1. The molecule has 2 atom stereocenters. The minimum absolute atomic E-state index is 0.0510. The minimum atomic E-state index is -3.99. The van der Waals surface area contributed by atoms with E-state index in [0.717, 1.165) is 6.42 Å². The topological polar surface area (TPSA) is 136 Å². The normalized spacial score (nSPS) is 19.2. The predicted molar refractivity (Wildman–Crippen MR) is 89.7 cm³/mol. The standard InChI is InChI=1S/C16H22N2O6S/c1-9-6-12(7-13(10(9)2)25(17,22)23)15(19)18-14(16(20)21)11-4-3-5-24-8-11/h6-7,11,14H,3-5,8H2,1-2H3,(H,18,19)(H,20,21)(H2,17,22,23). The molecule has 1 saturated heterocycles. The van der Waals surface area contributed by atoms with Gasteiger partial charge in [0.25, 0.3) is 5.91 Å². The maximum atomic E-state index is 12.5. The maximum absolute atomic E-state index is 12.5. The molecule has 1 aromatic rings. The molecular formula is C16H22N2O6S. The van der Waals surface area contributed by atoms with Gasteiger partial charge in [-0.15, -0.1) is 0 Å². The molecule has 0 aromatic heterocycles. The van der Waals surface area contributed by atoms with E-state index in [9.17, 15) is 23.1 Å². The highest BCUT2D eigenvalue weighted by molar-refractivity contribution is 7.89. The number of aliphatic carboxylic acids is 1. The molecule has 2 unspecified atom stereocenters. The maximum Gasteiger partial charge on any atom is 0.326 e. The van der Waals surface area contributed by atoms with Gasteiger partial charge in [0.15, 0.2) is 0 Å². The van der Waals surface area contributed by atoms with Crippen molar-refractivity contribution >= 4 is 21.9 Å². The molecule has 2 rings (SSSR count). The van der Waals surface area contributed by atoms with E-state index in [1.54, 1.807) is 13.8 Å². The number of rotatable bonds is 5. The highest BCUT2D eigenvalue weighted by Gasteiger charge is 2.32. The third-order valence-corrected chi connectivity index (χ3v) is 5.45. The van der Waals surface area contributed by atoms with Gasteiger partial charge >= 0.3 is 5.97 Å². The molecule has 1 heterocycles. The number of aryl methyl sites for hydroxylation is 1. The van der Waals surface area contributed by atoms with E-state index in [2.05, 4.69) is 5.32 Å². The molecule has 1 fully saturated rings. The third kappa shape index (κ3) is 4.56. The van der Waals surface area contributed by atoms with E-state index in [1.807, 2.05) is 0 Å². The summed E-state index contributed by atoms with van der Waals surface area (Å²) in [6.07, 6.45) is 1.36. The average molecular weight is 370 g/mol. The van der Waals surface area contributed by atoms with Crippen molar-refractivity contribution in [3.8, 4) is 0 Å². The van der Waals surface area contributed by atoms with Crippen LogP contribution in [0.4, 0.5) is 0 Å². The first kappa shape index (κ1) is 19.4. The van der Waals surface area contributed by atoms with Crippen molar-refractivity contribution in [2.75, 3.05) is 13.2 Å². The quantitative estimate of drug-likeness (QED) is 0.693. The number of carboxylic acids is 1. The summed E-state index contributed by atoms with van der Waals surface area (Å²) in [5.41, 5.74) is 1.08. The molecule has 0 radical (unpaired) electrons. The average Bonchev–Trinajstić information content (AvgIpc) is 2.54. The molecule has 1 aromatic carbocycles. The Morgan fingerprint density at radius 3 is 2.56 bits per heavy atom. The smallest absolute Gasteiger partial charge is 0.326 e. The monoisotopic (exact) mass is 370 g/mol. The first-order valence-electron chi connectivity index (χ1n) is 7.86. The second-order valence-electron chi connectivity index (χ2n) is 6.23. The van der Waals surface area contributed by atoms with Crippen LogP contribution < -0.4 is 10.5 Å². The molecule has 0 bridgehead atoms. The molecule has 9 heteroatoms. The number of nitrogens with one attached hydrogen (secondary N) is 1. The van der Waals surface area contributed by atoms with Crippen LogP contribution in [-0.4, -0.2) is 44.7 Å². The first-order chi connectivity index (χ1) is 11.6. The number of nitrogens with two attached hydrogens (primary N) is 1. The lowest BCUT2D eigenvalue weighted by Crippen LogP contribution is -2.48. The van der Waals surface area contributed by atoms with Crippen molar-refractivity contribution in [3.63, 3.8) is 0 Å². The van der Waals surface area contributed by atoms with Crippen molar-refractivity contribution < 1.29 is 27.9 Å². The van der Waals surface area contributed by atoms with E-state index >= 15 is 0 Å². The van der Waals surface area contributed by atoms with E-state index < -0.39 is 27.9 Å². The lowest BCUT2D eigenvalue weighted by atomic mass is 9.93. The largest absolute Gasteiger partial charge is 0.480 e. The zero-order valence-corrected chi connectivity index (χ0v) is 14.9. The number of hydrogen-bond acceptors (Lipinski definition) is 5. The summed E-state index contributed by atoms with van der Waals surface area (Å²) in [7, 11) is -3.99. The van der Waals surface area contributed by atoms with Gasteiger partial charge in [-0.25, -0.2) is 18.4 Å². The summed E-state index contributed by atoms with van der Waals surface area (Å²) in [4.78, 5) is 23.9. The third-order valence-electron chi connectivity index (χ3n) is 4.41. The van der Waals surface area contributed by atoms with E-state index in [4.69, 9.17) is 9.88 Å². The van der Waals surface area contributed by atoms with Crippen molar-refractivity contribution in [2.45, 2.75) is 37.6 Å². The van der Waals surface area contributed by atoms with Crippen molar-refractivity contribution in [1.29, 1.82) is 0 Å². The second-order valence-corrected chi connectivity index (χ2v) is 7.76. The number of primary sulfonamides is 1. The van der Waals surface area contributed by atoms with Gasteiger partial charge in [-0.3, -0.25) is 4.79 Å². The van der Waals surface area contributed by atoms with Crippen LogP contribution >= 0.6 is 0 Å². The lowest BCUT2D eigenvalue weighted by Gasteiger charge is -2.28. The van der Waals surface area contributed by atoms with Crippen molar-refractivity contribution in [1.82, 2.24) is 5.32 Å². The lowest BCUT2D eigenvalue weighted by molar-refractivity contribution is -0.142.